The fraction of sp³-hybridized carbons (Fsp3) is 0.476. The van der Waals surface area contributed by atoms with Gasteiger partial charge in [-0.2, -0.15) is 5.26 Å². The molecule has 4 rings (SSSR count). The van der Waals surface area contributed by atoms with Crippen LogP contribution in [0, 0.1) is 23.1 Å². The molecular weight excluding hydrogens is 505 g/mol. The molecule has 2 aliphatic rings. The summed E-state index contributed by atoms with van der Waals surface area (Å²) in [6.07, 6.45) is 6.39. The van der Waals surface area contributed by atoms with Gasteiger partial charge in [0.05, 0.1) is 22.7 Å². The van der Waals surface area contributed by atoms with E-state index in [0.717, 1.165) is 68.7 Å². The van der Waals surface area contributed by atoms with Crippen molar-refractivity contribution >= 4 is 50.3 Å². The summed E-state index contributed by atoms with van der Waals surface area (Å²) in [6, 6.07) is 4.92. The molecule has 1 aliphatic heterocycles. The summed E-state index contributed by atoms with van der Waals surface area (Å²) in [5.74, 6) is -0.826. The zero-order valence-corrected chi connectivity index (χ0v) is 20.5. The van der Waals surface area contributed by atoms with E-state index in [-0.39, 0.29) is 34.6 Å². The van der Waals surface area contributed by atoms with Crippen LogP contribution in [0.4, 0.5) is 15.2 Å². The number of anilines is 2. The number of sulfonamides is 1. The summed E-state index contributed by atoms with van der Waals surface area (Å²) >= 11 is 7.47. The van der Waals surface area contributed by atoms with Gasteiger partial charge in [-0.15, -0.1) is 11.3 Å². The minimum Gasteiger partial charge on any atom is -0.483 e. The molecule has 2 heterocycles. The van der Waals surface area contributed by atoms with Crippen LogP contribution in [0.15, 0.2) is 28.6 Å². The molecule has 0 amide bonds. The summed E-state index contributed by atoms with van der Waals surface area (Å²) < 4.78 is 42.2. The molecule has 0 spiro atoms. The van der Waals surface area contributed by atoms with Crippen molar-refractivity contribution < 1.29 is 22.7 Å². The molecule has 9 nitrogen and oxygen atoms in total. The SMILES string of the molecule is N#C[C@@H]1CCN([C@H]2CCCC[C@@H]2Nc2cc(F)c(S(=O)(=O)Nc3nccs3)cc2Cl)C1.O=CO. The van der Waals surface area contributed by atoms with Crippen molar-refractivity contribution in [3.05, 3.63) is 34.5 Å². The van der Waals surface area contributed by atoms with Crippen LogP contribution in [0.3, 0.4) is 0 Å². The highest BCUT2D eigenvalue weighted by Gasteiger charge is 2.35. The average Bonchev–Trinajstić information content (AvgIpc) is 3.48. The fourth-order valence-electron chi connectivity index (χ4n) is 4.40. The predicted molar refractivity (Wildman–Crippen MR) is 128 cm³/mol. The van der Waals surface area contributed by atoms with E-state index in [9.17, 15) is 18.1 Å². The zero-order valence-electron chi connectivity index (χ0n) is 18.2. The Morgan fingerprint density at radius 3 is 2.71 bits per heavy atom. The molecule has 184 valence electrons. The van der Waals surface area contributed by atoms with Crippen LogP contribution in [0.25, 0.3) is 0 Å². The number of aromatic nitrogens is 1. The van der Waals surface area contributed by atoms with Crippen molar-refractivity contribution in [1.29, 1.82) is 5.26 Å². The van der Waals surface area contributed by atoms with Crippen LogP contribution >= 0.6 is 22.9 Å². The summed E-state index contributed by atoms with van der Waals surface area (Å²) in [7, 11) is -4.15. The molecule has 3 N–H and O–H groups in total. The van der Waals surface area contributed by atoms with Gasteiger partial charge in [0.25, 0.3) is 16.5 Å². The third kappa shape index (κ3) is 6.35. The van der Waals surface area contributed by atoms with Crippen molar-refractivity contribution in [3.8, 4) is 6.07 Å². The minimum atomic E-state index is -4.15. The van der Waals surface area contributed by atoms with Crippen molar-refractivity contribution in [3.63, 3.8) is 0 Å². The monoisotopic (exact) mass is 529 g/mol. The van der Waals surface area contributed by atoms with E-state index < -0.39 is 20.7 Å². The molecule has 34 heavy (non-hydrogen) atoms. The molecular formula is C21H25ClFN5O4S2. The Balaban J connectivity index is 0.00000103. The third-order valence-electron chi connectivity index (χ3n) is 5.91. The molecule has 0 bridgehead atoms. The van der Waals surface area contributed by atoms with Gasteiger partial charge in [0.2, 0.25) is 0 Å². The maximum Gasteiger partial charge on any atom is 0.290 e. The molecule has 1 saturated carbocycles. The number of likely N-dealkylation sites (tertiary alicyclic amines) is 1. The zero-order chi connectivity index (χ0) is 24.7. The molecule has 1 aliphatic carbocycles. The molecule has 2 fully saturated rings. The molecule has 13 heteroatoms. The Kier molecular flexibility index (Phi) is 9.07. The lowest BCUT2D eigenvalue weighted by atomic mass is 9.89. The van der Waals surface area contributed by atoms with E-state index in [1.807, 2.05) is 0 Å². The van der Waals surface area contributed by atoms with Gasteiger partial charge in [-0.1, -0.05) is 24.4 Å². The number of halogens is 2. The maximum absolute atomic E-state index is 14.8. The molecule has 1 aromatic heterocycles. The number of nitriles is 1. The number of nitrogens with one attached hydrogen (secondary N) is 2. The summed E-state index contributed by atoms with van der Waals surface area (Å²) in [5, 5.41) is 21.4. The molecule has 1 saturated heterocycles. The second kappa shape index (κ2) is 11.8. The van der Waals surface area contributed by atoms with Gasteiger partial charge >= 0.3 is 0 Å². The van der Waals surface area contributed by atoms with Gasteiger partial charge in [-0.05, 0) is 37.9 Å². The maximum atomic E-state index is 14.8. The summed E-state index contributed by atoms with van der Waals surface area (Å²) in [5.41, 5.74) is 0.375. The third-order valence-corrected chi connectivity index (χ3v) is 8.39. The Morgan fingerprint density at radius 1 is 1.32 bits per heavy atom. The highest BCUT2D eigenvalue weighted by atomic mass is 35.5. The average molecular weight is 530 g/mol. The van der Waals surface area contributed by atoms with Crippen LogP contribution in [0.2, 0.25) is 5.02 Å². The number of nitrogens with zero attached hydrogens (tertiary/aromatic N) is 3. The first kappa shape index (κ1) is 26.2. The first-order valence-corrected chi connectivity index (χ1v) is 13.4. The smallest absolute Gasteiger partial charge is 0.290 e. The van der Waals surface area contributed by atoms with Crippen LogP contribution < -0.4 is 10.0 Å². The van der Waals surface area contributed by atoms with E-state index in [0.29, 0.717) is 5.69 Å². The largest absolute Gasteiger partial charge is 0.483 e. The molecule has 0 unspecified atom stereocenters. The van der Waals surface area contributed by atoms with E-state index in [1.54, 1.807) is 5.38 Å². The van der Waals surface area contributed by atoms with Gasteiger partial charge < -0.3 is 10.4 Å². The lowest BCUT2D eigenvalue weighted by Gasteiger charge is -2.39. The Morgan fingerprint density at radius 2 is 2.06 bits per heavy atom. The lowest BCUT2D eigenvalue weighted by molar-refractivity contribution is -0.122. The van der Waals surface area contributed by atoms with Crippen LogP contribution in [0.1, 0.15) is 32.1 Å². The number of hydrogen-bond donors (Lipinski definition) is 3. The second-order valence-corrected chi connectivity index (χ2v) is 11.0. The topological polar surface area (TPSA) is 135 Å². The first-order chi connectivity index (χ1) is 16.3. The Labute approximate surface area is 206 Å². The number of carboxylic acid groups (broad SMARTS) is 1. The van der Waals surface area contributed by atoms with Gasteiger partial charge in [-0.25, -0.2) is 17.8 Å². The number of rotatable bonds is 6. The van der Waals surface area contributed by atoms with E-state index in [1.165, 1.54) is 6.20 Å². The Hall–Kier alpha value is -2.46. The van der Waals surface area contributed by atoms with E-state index in [4.69, 9.17) is 21.5 Å². The lowest BCUT2D eigenvalue weighted by Crippen LogP contribution is -2.48. The molecule has 1 aromatic carbocycles. The van der Waals surface area contributed by atoms with Crippen molar-refractivity contribution in [2.75, 3.05) is 23.1 Å². The molecule has 0 radical (unpaired) electrons. The quantitative estimate of drug-likeness (QED) is 0.478. The molecule has 2 aromatic rings. The highest BCUT2D eigenvalue weighted by Crippen LogP contribution is 2.34. The van der Waals surface area contributed by atoms with Crippen molar-refractivity contribution in [2.24, 2.45) is 5.92 Å². The van der Waals surface area contributed by atoms with Crippen molar-refractivity contribution in [1.82, 2.24) is 9.88 Å². The predicted octanol–water partition coefficient (Wildman–Crippen LogP) is 4.01. The van der Waals surface area contributed by atoms with Crippen molar-refractivity contribution in [2.45, 2.75) is 49.1 Å². The standard InChI is InChI=1S/C20H23ClFN5O2S2.CH2O2/c21-14-9-19(31(28,29)26-20-24-6-8-30-20)15(22)10-17(14)25-16-3-1-2-4-18(16)27-7-5-13(11-23)12-27;2-1-3/h6,8-10,13,16,18,25H,1-5,7,12H2,(H,24,26);1H,(H,2,3)/t13-,16-,18-;/m0./s1. The first-order valence-electron chi connectivity index (χ1n) is 10.7. The number of carbonyl (C=O) groups is 1. The van der Waals surface area contributed by atoms with Gasteiger partial charge in [0, 0.05) is 30.2 Å². The number of hydrogen-bond acceptors (Lipinski definition) is 8. The van der Waals surface area contributed by atoms with E-state index >= 15 is 0 Å². The molecule has 3 atom stereocenters. The summed E-state index contributed by atoms with van der Waals surface area (Å²) in [6.45, 7) is 1.38. The van der Waals surface area contributed by atoms with Gasteiger partial charge in [0.1, 0.15) is 10.7 Å². The second-order valence-electron chi connectivity index (χ2n) is 8.02. The number of thiazole rings is 1. The van der Waals surface area contributed by atoms with Crippen LogP contribution in [0.5, 0.6) is 0 Å². The number of benzene rings is 1. The fourth-order valence-corrected chi connectivity index (χ4v) is 6.56. The van der Waals surface area contributed by atoms with Crippen LogP contribution in [-0.2, 0) is 14.8 Å². The normalized spacial score (nSPS) is 22.8. The van der Waals surface area contributed by atoms with Gasteiger partial charge in [-0.3, -0.25) is 14.4 Å². The van der Waals surface area contributed by atoms with E-state index in [2.05, 4.69) is 26.0 Å². The Bertz CT molecular complexity index is 1130. The highest BCUT2D eigenvalue weighted by molar-refractivity contribution is 7.93. The van der Waals surface area contributed by atoms with Crippen LogP contribution in [-0.4, -0.2) is 55.1 Å². The minimum absolute atomic E-state index is 0.0541. The van der Waals surface area contributed by atoms with Gasteiger partial charge in [0.15, 0.2) is 5.13 Å². The summed E-state index contributed by atoms with van der Waals surface area (Å²) in [4.78, 5) is 14.0.